The van der Waals surface area contributed by atoms with Crippen LogP contribution >= 0.6 is 0 Å². The Balaban J connectivity index is 2.04. The lowest BCUT2D eigenvalue weighted by Gasteiger charge is -2.37. The molecule has 0 radical (unpaired) electrons. The zero-order chi connectivity index (χ0) is 13.6. The summed E-state index contributed by atoms with van der Waals surface area (Å²) in [6.45, 7) is 6.28. The van der Waals surface area contributed by atoms with E-state index in [0.29, 0.717) is 0 Å². The van der Waals surface area contributed by atoms with Gasteiger partial charge >= 0.3 is 0 Å². The molecule has 0 bridgehead atoms. The van der Waals surface area contributed by atoms with E-state index in [1.807, 2.05) is 11.6 Å². The Hall–Kier alpha value is -1.95. The summed E-state index contributed by atoms with van der Waals surface area (Å²) < 4.78 is 7.18. The molecule has 0 amide bonds. The molecule has 2 aromatic rings. The molecule has 19 heavy (non-hydrogen) atoms. The summed E-state index contributed by atoms with van der Waals surface area (Å²) in [7, 11) is 0. The average molecular weight is 261 g/mol. The van der Waals surface area contributed by atoms with Crippen LogP contribution in [0.2, 0.25) is 0 Å². The largest absolute Gasteiger partial charge is 0.380 e. The summed E-state index contributed by atoms with van der Waals surface area (Å²) in [5, 5.41) is 16.1. The van der Waals surface area contributed by atoms with Crippen molar-refractivity contribution in [3.63, 3.8) is 0 Å². The molecule has 1 fully saturated rings. The molecule has 0 spiro atoms. The Morgan fingerprint density at radius 3 is 2.84 bits per heavy atom. The van der Waals surface area contributed by atoms with Gasteiger partial charge in [-0.25, -0.2) is 0 Å². The highest BCUT2D eigenvalue weighted by atomic mass is 16.6. The SMILES string of the molecule is Cc1nn(CC2(C)COC2)c2ccc([N+](=O)[O-])cc12. The number of ether oxygens (including phenoxy) is 1. The average Bonchev–Trinajstić information content (AvgIpc) is 2.64. The molecule has 0 aliphatic carbocycles. The molecule has 1 saturated heterocycles. The predicted octanol–water partition coefficient (Wildman–Crippen LogP) is 2.29. The van der Waals surface area contributed by atoms with Crippen LogP contribution in [0.4, 0.5) is 5.69 Å². The van der Waals surface area contributed by atoms with E-state index in [0.717, 1.165) is 36.4 Å². The lowest BCUT2D eigenvalue weighted by atomic mass is 9.89. The van der Waals surface area contributed by atoms with Crippen molar-refractivity contribution in [1.82, 2.24) is 9.78 Å². The van der Waals surface area contributed by atoms with E-state index >= 15 is 0 Å². The zero-order valence-electron chi connectivity index (χ0n) is 10.9. The van der Waals surface area contributed by atoms with Gasteiger partial charge in [0, 0.05) is 22.9 Å². The third-order valence-electron chi connectivity index (χ3n) is 3.56. The van der Waals surface area contributed by atoms with Gasteiger partial charge in [-0.3, -0.25) is 14.8 Å². The normalized spacial score (nSPS) is 17.4. The summed E-state index contributed by atoms with van der Waals surface area (Å²) in [6, 6.07) is 4.89. The van der Waals surface area contributed by atoms with Gasteiger partial charge in [0.15, 0.2) is 0 Å². The molecule has 3 rings (SSSR count). The van der Waals surface area contributed by atoms with Gasteiger partial charge in [0.2, 0.25) is 0 Å². The van der Waals surface area contributed by atoms with E-state index < -0.39 is 0 Å². The number of hydrogen-bond donors (Lipinski definition) is 0. The van der Waals surface area contributed by atoms with Crippen molar-refractivity contribution in [2.75, 3.05) is 13.2 Å². The maximum Gasteiger partial charge on any atom is 0.270 e. The van der Waals surface area contributed by atoms with Crippen LogP contribution < -0.4 is 0 Å². The fraction of sp³-hybridized carbons (Fsp3) is 0.462. The number of hydrogen-bond acceptors (Lipinski definition) is 4. The number of benzene rings is 1. The highest BCUT2D eigenvalue weighted by Crippen LogP contribution is 2.31. The molecule has 1 aromatic heterocycles. The zero-order valence-corrected chi connectivity index (χ0v) is 10.9. The fourth-order valence-corrected chi connectivity index (χ4v) is 2.47. The summed E-state index contributed by atoms with van der Waals surface area (Å²) in [5.41, 5.74) is 1.99. The van der Waals surface area contributed by atoms with Crippen LogP contribution in [0.3, 0.4) is 0 Å². The molecule has 0 unspecified atom stereocenters. The molecule has 6 nitrogen and oxygen atoms in total. The lowest BCUT2D eigenvalue weighted by molar-refractivity contribution is -0.384. The standard InChI is InChI=1S/C13H15N3O3/c1-9-11-5-10(16(17)18)3-4-12(11)15(14-9)6-13(2)7-19-8-13/h3-5H,6-8H2,1-2H3. The number of nitro groups is 1. The number of rotatable bonds is 3. The fourth-order valence-electron chi connectivity index (χ4n) is 2.47. The molecule has 1 aliphatic rings. The molecule has 1 aromatic carbocycles. The molecular weight excluding hydrogens is 246 g/mol. The van der Waals surface area contributed by atoms with Gasteiger partial charge in [0.1, 0.15) is 0 Å². The molecular formula is C13H15N3O3. The maximum absolute atomic E-state index is 10.8. The molecule has 1 aliphatic heterocycles. The Morgan fingerprint density at radius 1 is 1.53 bits per heavy atom. The van der Waals surface area contributed by atoms with E-state index in [1.54, 1.807) is 12.1 Å². The first-order valence-electron chi connectivity index (χ1n) is 6.18. The van der Waals surface area contributed by atoms with Crippen molar-refractivity contribution in [3.05, 3.63) is 34.0 Å². The Morgan fingerprint density at radius 2 is 2.26 bits per heavy atom. The smallest absolute Gasteiger partial charge is 0.270 e. The van der Waals surface area contributed by atoms with Crippen molar-refractivity contribution in [2.24, 2.45) is 5.41 Å². The third kappa shape index (κ3) is 1.98. The van der Waals surface area contributed by atoms with Crippen LogP contribution in [0.15, 0.2) is 18.2 Å². The number of nitrogens with zero attached hydrogens (tertiary/aromatic N) is 3. The van der Waals surface area contributed by atoms with Crippen molar-refractivity contribution in [2.45, 2.75) is 20.4 Å². The van der Waals surface area contributed by atoms with E-state index in [9.17, 15) is 10.1 Å². The van der Waals surface area contributed by atoms with Crippen LogP contribution in [0.5, 0.6) is 0 Å². The van der Waals surface area contributed by atoms with Crippen LogP contribution in [-0.4, -0.2) is 27.9 Å². The second kappa shape index (κ2) is 4.03. The number of aromatic nitrogens is 2. The number of nitro benzene ring substituents is 1. The molecule has 0 N–H and O–H groups in total. The molecule has 100 valence electrons. The highest BCUT2D eigenvalue weighted by molar-refractivity contribution is 5.84. The second-order valence-electron chi connectivity index (χ2n) is 5.51. The molecule has 0 saturated carbocycles. The summed E-state index contributed by atoms with van der Waals surface area (Å²) >= 11 is 0. The minimum Gasteiger partial charge on any atom is -0.380 e. The monoisotopic (exact) mass is 261 g/mol. The van der Waals surface area contributed by atoms with Crippen molar-refractivity contribution < 1.29 is 9.66 Å². The number of fused-ring (bicyclic) bond motifs is 1. The van der Waals surface area contributed by atoms with Gasteiger partial charge in [-0.15, -0.1) is 0 Å². The minimum atomic E-state index is -0.378. The quantitative estimate of drug-likeness (QED) is 0.627. The Kier molecular flexibility index (Phi) is 2.56. The number of non-ortho nitro benzene ring substituents is 1. The van der Waals surface area contributed by atoms with E-state index in [1.165, 1.54) is 6.07 Å². The topological polar surface area (TPSA) is 70.2 Å². The first kappa shape index (κ1) is 12.1. The highest BCUT2D eigenvalue weighted by Gasteiger charge is 2.34. The summed E-state index contributed by atoms with van der Waals surface area (Å²) in [4.78, 5) is 10.4. The number of aryl methyl sites for hydroxylation is 1. The van der Waals surface area contributed by atoms with Gasteiger partial charge in [-0.1, -0.05) is 6.92 Å². The molecule has 6 heteroatoms. The van der Waals surface area contributed by atoms with E-state index in [4.69, 9.17) is 4.74 Å². The van der Waals surface area contributed by atoms with Crippen LogP contribution in [0.25, 0.3) is 10.9 Å². The Labute approximate surface area is 110 Å². The predicted molar refractivity (Wildman–Crippen MR) is 70.1 cm³/mol. The van der Waals surface area contributed by atoms with Gasteiger partial charge in [-0.05, 0) is 13.0 Å². The van der Waals surface area contributed by atoms with Crippen molar-refractivity contribution in [1.29, 1.82) is 0 Å². The first-order chi connectivity index (χ1) is 8.98. The Bertz CT molecular complexity index is 658. The third-order valence-corrected chi connectivity index (χ3v) is 3.56. The minimum absolute atomic E-state index is 0.105. The van der Waals surface area contributed by atoms with Gasteiger partial charge in [0.05, 0.1) is 35.9 Å². The van der Waals surface area contributed by atoms with Crippen LogP contribution in [0.1, 0.15) is 12.6 Å². The van der Waals surface area contributed by atoms with Crippen molar-refractivity contribution in [3.8, 4) is 0 Å². The van der Waals surface area contributed by atoms with Gasteiger partial charge in [-0.2, -0.15) is 5.10 Å². The van der Waals surface area contributed by atoms with Crippen LogP contribution in [-0.2, 0) is 11.3 Å². The maximum atomic E-state index is 10.8. The second-order valence-corrected chi connectivity index (χ2v) is 5.51. The summed E-state index contributed by atoms with van der Waals surface area (Å²) in [5.74, 6) is 0. The van der Waals surface area contributed by atoms with Crippen molar-refractivity contribution >= 4 is 16.6 Å². The van der Waals surface area contributed by atoms with Gasteiger partial charge < -0.3 is 4.74 Å². The van der Waals surface area contributed by atoms with Crippen LogP contribution in [0, 0.1) is 22.5 Å². The van der Waals surface area contributed by atoms with E-state index in [2.05, 4.69) is 12.0 Å². The summed E-state index contributed by atoms with van der Waals surface area (Å²) in [6.07, 6.45) is 0. The first-order valence-corrected chi connectivity index (χ1v) is 6.18. The molecule has 0 atom stereocenters. The van der Waals surface area contributed by atoms with Gasteiger partial charge in [0.25, 0.3) is 5.69 Å². The van der Waals surface area contributed by atoms with E-state index in [-0.39, 0.29) is 16.0 Å². The molecule has 2 heterocycles. The lowest BCUT2D eigenvalue weighted by Crippen LogP contribution is -2.43.